The van der Waals surface area contributed by atoms with E-state index in [9.17, 15) is 17.2 Å². The van der Waals surface area contributed by atoms with Gasteiger partial charge in [-0.05, 0) is 42.5 Å². The molecule has 1 N–H and O–H groups in total. The molecule has 0 spiro atoms. The molecule has 0 aliphatic rings. The van der Waals surface area contributed by atoms with E-state index in [0.29, 0.717) is 5.75 Å². The Kier molecular flexibility index (Phi) is 5.51. The average molecular weight is 343 g/mol. The van der Waals surface area contributed by atoms with Crippen molar-refractivity contribution in [1.29, 1.82) is 0 Å². The Hall–Kier alpha value is -2.19. The number of rotatable bonds is 7. The van der Waals surface area contributed by atoms with Crippen molar-refractivity contribution in [3.8, 4) is 11.5 Å². The van der Waals surface area contributed by atoms with E-state index in [2.05, 4.69) is 4.72 Å². The Morgan fingerprint density at radius 3 is 2.35 bits per heavy atom. The fourth-order valence-electron chi connectivity index (χ4n) is 1.81. The first-order valence-electron chi connectivity index (χ1n) is 6.64. The van der Waals surface area contributed by atoms with Crippen LogP contribution >= 0.6 is 0 Å². The molecule has 0 atom stereocenters. The van der Waals surface area contributed by atoms with Gasteiger partial charge in [-0.1, -0.05) is 0 Å². The SMILES string of the molecule is COc1ccc(F)cc1S(=O)(=O)NCCOc1ccc(F)cc1. The lowest BCUT2D eigenvalue weighted by Gasteiger charge is -2.11. The fraction of sp³-hybridized carbons (Fsp3) is 0.200. The van der Waals surface area contributed by atoms with Crippen LogP contribution in [0.4, 0.5) is 8.78 Å². The van der Waals surface area contributed by atoms with Gasteiger partial charge >= 0.3 is 0 Å². The molecule has 0 unspecified atom stereocenters. The van der Waals surface area contributed by atoms with Gasteiger partial charge in [0.2, 0.25) is 10.0 Å². The second kappa shape index (κ2) is 7.38. The van der Waals surface area contributed by atoms with Gasteiger partial charge in [-0.15, -0.1) is 0 Å². The molecule has 0 aliphatic heterocycles. The summed E-state index contributed by atoms with van der Waals surface area (Å²) in [6.45, 7) is -0.0120. The highest BCUT2D eigenvalue weighted by molar-refractivity contribution is 7.89. The predicted octanol–water partition coefficient (Wildman–Crippen LogP) is 2.33. The molecule has 0 saturated carbocycles. The van der Waals surface area contributed by atoms with Crippen molar-refractivity contribution in [2.45, 2.75) is 4.90 Å². The average Bonchev–Trinajstić information content (AvgIpc) is 2.53. The molecule has 0 fully saturated rings. The molecule has 23 heavy (non-hydrogen) atoms. The summed E-state index contributed by atoms with van der Waals surface area (Å²) in [5, 5.41) is 0. The van der Waals surface area contributed by atoms with Crippen LogP contribution in [-0.4, -0.2) is 28.7 Å². The van der Waals surface area contributed by atoms with Gasteiger partial charge in [0.1, 0.15) is 34.6 Å². The summed E-state index contributed by atoms with van der Waals surface area (Å²) in [6, 6.07) is 8.55. The maximum Gasteiger partial charge on any atom is 0.244 e. The molecule has 8 heteroatoms. The maximum atomic E-state index is 13.3. The van der Waals surface area contributed by atoms with Crippen LogP contribution in [0, 0.1) is 11.6 Å². The summed E-state index contributed by atoms with van der Waals surface area (Å²) < 4.78 is 62.8. The molecule has 0 aliphatic carbocycles. The van der Waals surface area contributed by atoms with E-state index in [0.717, 1.165) is 12.1 Å². The Morgan fingerprint density at radius 1 is 1.04 bits per heavy atom. The van der Waals surface area contributed by atoms with Crippen molar-refractivity contribution < 1.29 is 26.7 Å². The van der Waals surface area contributed by atoms with Crippen LogP contribution in [0.1, 0.15) is 0 Å². The molecular weight excluding hydrogens is 328 g/mol. The summed E-state index contributed by atoms with van der Waals surface area (Å²) in [5.74, 6) is -0.628. The van der Waals surface area contributed by atoms with Crippen molar-refractivity contribution in [2.75, 3.05) is 20.3 Å². The monoisotopic (exact) mass is 343 g/mol. The summed E-state index contributed by atoms with van der Waals surface area (Å²) in [6.07, 6.45) is 0. The predicted molar refractivity (Wildman–Crippen MR) is 80.0 cm³/mol. The minimum absolute atomic E-state index is 0.0303. The smallest absolute Gasteiger partial charge is 0.244 e. The zero-order valence-electron chi connectivity index (χ0n) is 12.3. The van der Waals surface area contributed by atoms with Crippen molar-refractivity contribution in [1.82, 2.24) is 4.72 Å². The number of sulfonamides is 1. The Morgan fingerprint density at radius 2 is 1.70 bits per heavy atom. The quantitative estimate of drug-likeness (QED) is 0.784. The third-order valence-electron chi connectivity index (χ3n) is 2.89. The number of ether oxygens (including phenoxy) is 2. The molecular formula is C15H15F2NO4S. The largest absolute Gasteiger partial charge is 0.495 e. The first-order chi connectivity index (χ1) is 10.9. The lowest BCUT2D eigenvalue weighted by molar-refractivity contribution is 0.322. The van der Waals surface area contributed by atoms with E-state index in [1.54, 1.807) is 0 Å². The van der Waals surface area contributed by atoms with E-state index in [4.69, 9.17) is 9.47 Å². The van der Waals surface area contributed by atoms with E-state index >= 15 is 0 Å². The normalized spacial score (nSPS) is 11.3. The molecule has 0 bridgehead atoms. The van der Waals surface area contributed by atoms with Crippen molar-refractivity contribution in [3.63, 3.8) is 0 Å². The van der Waals surface area contributed by atoms with Crippen LogP contribution in [0.5, 0.6) is 11.5 Å². The number of methoxy groups -OCH3 is 1. The van der Waals surface area contributed by atoms with Crippen molar-refractivity contribution >= 4 is 10.0 Å². The first kappa shape index (κ1) is 17.2. The standard InChI is InChI=1S/C15H15F2NO4S/c1-21-14-7-4-12(17)10-15(14)23(19,20)18-8-9-22-13-5-2-11(16)3-6-13/h2-7,10,18H,8-9H2,1H3. The lowest BCUT2D eigenvalue weighted by atomic mass is 10.3. The third-order valence-corrected chi connectivity index (χ3v) is 4.37. The van der Waals surface area contributed by atoms with Gasteiger partial charge in [-0.3, -0.25) is 0 Å². The Balaban J connectivity index is 1.96. The Labute approximate surface area is 132 Å². The van der Waals surface area contributed by atoms with Gasteiger partial charge in [0.05, 0.1) is 7.11 Å². The van der Waals surface area contributed by atoms with E-state index in [1.165, 1.54) is 37.4 Å². The molecule has 0 radical (unpaired) electrons. The van der Waals surface area contributed by atoms with Crippen LogP contribution in [0.15, 0.2) is 47.4 Å². The van der Waals surface area contributed by atoms with Crippen LogP contribution < -0.4 is 14.2 Å². The van der Waals surface area contributed by atoms with E-state index in [-0.39, 0.29) is 23.8 Å². The molecule has 0 aromatic heterocycles. The topological polar surface area (TPSA) is 64.6 Å². The highest BCUT2D eigenvalue weighted by Crippen LogP contribution is 2.24. The van der Waals surface area contributed by atoms with Crippen LogP contribution in [0.25, 0.3) is 0 Å². The number of hydrogen-bond donors (Lipinski definition) is 1. The summed E-state index contributed by atoms with van der Waals surface area (Å²) in [5.41, 5.74) is 0. The van der Waals surface area contributed by atoms with Crippen molar-refractivity contribution in [2.24, 2.45) is 0 Å². The number of halogens is 2. The zero-order chi connectivity index (χ0) is 16.9. The van der Waals surface area contributed by atoms with Gasteiger partial charge < -0.3 is 9.47 Å². The van der Waals surface area contributed by atoms with Crippen molar-refractivity contribution in [3.05, 3.63) is 54.1 Å². The first-order valence-corrected chi connectivity index (χ1v) is 8.12. The van der Waals surface area contributed by atoms with Gasteiger partial charge in [0.15, 0.2) is 0 Å². The van der Waals surface area contributed by atoms with Crippen LogP contribution in [0.2, 0.25) is 0 Å². The highest BCUT2D eigenvalue weighted by Gasteiger charge is 2.19. The minimum atomic E-state index is -3.94. The highest BCUT2D eigenvalue weighted by atomic mass is 32.2. The van der Waals surface area contributed by atoms with E-state index < -0.39 is 21.7 Å². The van der Waals surface area contributed by atoms with Gasteiger partial charge in [0.25, 0.3) is 0 Å². The molecule has 5 nitrogen and oxygen atoms in total. The maximum absolute atomic E-state index is 13.3. The second-order valence-electron chi connectivity index (χ2n) is 4.50. The van der Waals surface area contributed by atoms with Gasteiger partial charge in [0, 0.05) is 6.54 Å². The zero-order valence-corrected chi connectivity index (χ0v) is 13.1. The fourth-order valence-corrected chi connectivity index (χ4v) is 3.01. The number of nitrogens with one attached hydrogen (secondary N) is 1. The van der Waals surface area contributed by atoms with Gasteiger partial charge in [-0.25, -0.2) is 21.9 Å². The lowest BCUT2D eigenvalue weighted by Crippen LogP contribution is -2.28. The molecule has 0 amide bonds. The summed E-state index contributed by atoms with van der Waals surface area (Å²) in [7, 11) is -2.65. The molecule has 0 heterocycles. The number of hydrogen-bond acceptors (Lipinski definition) is 4. The number of benzene rings is 2. The molecule has 0 saturated heterocycles. The van der Waals surface area contributed by atoms with E-state index in [1.807, 2.05) is 0 Å². The second-order valence-corrected chi connectivity index (χ2v) is 6.23. The third kappa shape index (κ3) is 4.64. The Bertz CT molecular complexity index is 764. The molecule has 2 aromatic rings. The van der Waals surface area contributed by atoms with Crippen LogP contribution in [-0.2, 0) is 10.0 Å². The summed E-state index contributed by atoms with van der Waals surface area (Å²) >= 11 is 0. The molecule has 124 valence electrons. The van der Waals surface area contributed by atoms with Gasteiger partial charge in [-0.2, -0.15) is 0 Å². The molecule has 2 aromatic carbocycles. The minimum Gasteiger partial charge on any atom is -0.495 e. The van der Waals surface area contributed by atoms with Crippen LogP contribution in [0.3, 0.4) is 0 Å². The molecule has 2 rings (SSSR count). The summed E-state index contributed by atoms with van der Waals surface area (Å²) in [4.78, 5) is -0.290.